The fourth-order valence-electron chi connectivity index (χ4n) is 1.27. The Hall–Kier alpha value is -2.46. The average Bonchev–Trinajstić information content (AvgIpc) is 2.35. The van der Waals surface area contributed by atoms with Gasteiger partial charge in [-0.3, -0.25) is 0 Å². The lowest BCUT2D eigenvalue weighted by molar-refractivity contribution is 0.0600. The first kappa shape index (κ1) is 12.6. The van der Waals surface area contributed by atoms with Crippen molar-refractivity contribution in [2.45, 2.75) is 0 Å². The highest BCUT2D eigenvalue weighted by Crippen LogP contribution is 2.16. The molecule has 88 valence electrons. The number of nitrogen functional groups attached to an aromatic ring is 1. The minimum Gasteiger partial charge on any atom is -0.465 e. The smallest absolute Gasteiger partial charge is 0.338 e. The molecule has 0 fully saturated rings. The van der Waals surface area contributed by atoms with E-state index in [0.29, 0.717) is 16.8 Å². The molecule has 0 amide bonds. The Bertz CT molecular complexity index is 490. The number of hydrogen-bond donors (Lipinski definition) is 1. The minimum absolute atomic E-state index is 0.224. The van der Waals surface area contributed by atoms with Gasteiger partial charge in [-0.05, 0) is 23.2 Å². The summed E-state index contributed by atoms with van der Waals surface area (Å²) in [5, 5.41) is 3.35. The molecule has 0 aliphatic heterocycles. The van der Waals surface area contributed by atoms with Gasteiger partial charge in [-0.2, -0.15) is 0 Å². The summed E-state index contributed by atoms with van der Waals surface area (Å²) in [7, 11) is 1.30. The number of esters is 1. The van der Waals surface area contributed by atoms with Crippen molar-refractivity contribution in [1.29, 1.82) is 0 Å². The van der Waals surface area contributed by atoms with E-state index in [2.05, 4.69) is 14.8 Å². The number of hydrogen-bond acceptors (Lipinski definition) is 4. The fraction of sp³-hybridized carbons (Fsp3) is 0.182. The molecular formula is C11H12N4O2. The second kappa shape index (κ2) is 6.19. The zero-order valence-corrected chi connectivity index (χ0v) is 9.33. The molecule has 0 saturated carbocycles. The maximum Gasteiger partial charge on any atom is 0.338 e. The van der Waals surface area contributed by atoms with E-state index in [1.165, 1.54) is 7.11 Å². The van der Waals surface area contributed by atoms with Gasteiger partial charge in [0.2, 0.25) is 0 Å². The SMILES string of the molecule is COC(=O)c1cc(N)ccc1C=CCN=[N+]=[N-]. The van der Waals surface area contributed by atoms with Gasteiger partial charge in [0, 0.05) is 17.1 Å². The Morgan fingerprint density at radius 3 is 3.06 bits per heavy atom. The number of carbonyl (C=O) groups is 1. The van der Waals surface area contributed by atoms with Gasteiger partial charge in [0.1, 0.15) is 0 Å². The fourth-order valence-corrected chi connectivity index (χ4v) is 1.27. The number of methoxy groups -OCH3 is 1. The van der Waals surface area contributed by atoms with Gasteiger partial charge < -0.3 is 10.5 Å². The van der Waals surface area contributed by atoms with Crippen LogP contribution in [0.2, 0.25) is 0 Å². The van der Waals surface area contributed by atoms with Gasteiger partial charge in [0.05, 0.1) is 12.7 Å². The van der Waals surface area contributed by atoms with Crippen LogP contribution in [0.3, 0.4) is 0 Å². The van der Waals surface area contributed by atoms with Gasteiger partial charge in [0.25, 0.3) is 0 Å². The van der Waals surface area contributed by atoms with Crippen LogP contribution in [0.1, 0.15) is 15.9 Å². The summed E-state index contributed by atoms with van der Waals surface area (Å²) in [4.78, 5) is 14.1. The Balaban J connectivity index is 3.01. The van der Waals surface area contributed by atoms with Crippen molar-refractivity contribution in [2.75, 3.05) is 19.4 Å². The summed E-state index contributed by atoms with van der Waals surface area (Å²) in [6.45, 7) is 0.224. The number of anilines is 1. The molecule has 0 atom stereocenters. The largest absolute Gasteiger partial charge is 0.465 e. The third-order valence-electron chi connectivity index (χ3n) is 2.03. The Morgan fingerprint density at radius 1 is 1.65 bits per heavy atom. The second-order valence-corrected chi connectivity index (χ2v) is 3.15. The van der Waals surface area contributed by atoms with Crippen LogP contribution in [0.25, 0.3) is 16.5 Å². The molecule has 0 bridgehead atoms. The lowest BCUT2D eigenvalue weighted by Crippen LogP contribution is -2.04. The van der Waals surface area contributed by atoms with E-state index in [0.717, 1.165) is 0 Å². The molecule has 0 spiro atoms. The van der Waals surface area contributed by atoms with E-state index in [9.17, 15) is 4.79 Å². The van der Waals surface area contributed by atoms with Gasteiger partial charge in [0.15, 0.2) is 0 Å². The molecule has 0 saturated heterocycles. The number of nitrogens with two attached hydrogens (primary N) is 1. The highest BCUT2D eigenvalue weighted by molar-refractivity contribution is 5.94. The van der Waals surface area contributed by atoms with Crippen LogP contribution in [-0.4, -0.2) is 19.6 Å². The summed E-state index contributed by atoms with van der Waals surface area (Å²) in [5.74, 6) is -0.458. The van der Waals surface area contributed by atoms with Gasteiger partial charge in [-0.15, -0.1) is 0 Å². The van der Waals surface area contributed by atoms with E-state index < -0.39 is 5.97 Å². The Labute approximate surface area is 98.3 Å². The summed E-state index contributed by atoms with van der Waals surface area (Å²) in [6.07, 6.45) is 3.33. The summed E-state index contributed by atoms with van der Waals surface area (Å²) >= 11 is 0. The van der Waals surface area contributed by atoms with Crippen molar-refractivity contribution in [3.05, 3.63) is 45.8 Å². The lowest BCUT2D eigenvalue weighted by atomic mass is 10.1. The van der Waals surface area contributed by atoms with Crippen LogP contribution in [0, 0.1) is 0 Å². The number of nitrogens with zero attached hydrogens (tertiary/aromatic N) is 3. The topological polar surface area (TPSA) is 101 Å². The number of azide groups is 1. The third kappa shape index (κ3) is 3.55. The molecule has 6 nitrogen and oxygen atoms in total. The van der Waals surface area contributed by atoms with Crippen LogP contribution in [0.5, 0.6) is 0 Å². The maximum absolute atomic E-state index is 11.5. The van der Waals surface area contributed by atoms with Crippen molar-refractivity contribution in [3.63, 3.8) is 0 Å². The molecule has 0 aliphatic carbocycles. The molecule has 1 aromatic carbocycles. The normalized spacial score (nSPS) is 9.94. The predicted molar refractivity (Wildman–Crippen MR) is 65.2 cm³/mol. The highest BCUT2D eigenvalue weighted by Gasteiger charge is 2.09. The van der Waals surface area contributed by atoms with Crippen LogP contribution in [-0.2, 0) is 4.74 Å². The van der Waals surface area contributed by atoms with Crippen molar-refractivity contribution in [3.8, 4) is 0 Å². The molecule has 1 aromatic rings. The first-order valence-electron chi connectivity index (χ1n) is 4.84. The molecule has 0 aliphatic rings. The molecule has 0 heterocycles. The van der Waals surface area contributed by atoms with Crippen LogP contribution in [0.15, 0.2) is 29.4 Å². The molecule has 2 N–H and O–H groups in total. The zero-order chi connectivity index (χ0) is 12.7. The number of ether oxygens (including phenoxy) is 1. The average molecular weight is 232 g/mol. The summed E-state index contributed by atoms with van der Waals surface area (Å²) in [5.41, 5.74) is 15.2. The molecule has 0 aromatic heterocycles. The van der Waals surface area contributed by atoms with Crippen molar-refractivity contribution >= 4 is 17.7 Å². The van der Waals surface area contributed by atoms with Gasteiger partial charge >= 0.3 is 5.97 Å². The predicted octanol–water partition coefficient (Wildman–Crippen LogP) is 2.38. The van der Waals surface area contributed by atoms with Crippen LogP contribution < -0.4 is 5.73 Å². The highest BCUT2D eigenvalue weighted by atomic mass is 16.5. The first-order valence-corrected chi connectivity index (χ1v) is 4.84. The van der Waals surface area contributed by atoms with E-state index in [1.807, 2.05) is 0 Å². The van der Waals surface area contributed by atoms with Crippen molar-refractivity contribution in [1.82, 2.24) is 0 Å². The first-order chi connectivity index (χ1) is 8.19. The zero-order valence-electron chi connectivity index (χ0n) is 9.33. The Kier molecular flexibility index (Phi) is 4.59. The number of carbonyl (C=O) groups excluding carboxylic acids is 1. The number of rotatable bonds is 4. The Morgan fingerprint density at radius 2 is 2.41 bits per heavy atom. The van der Waals surface area contributed by atoms with Gasteiger partial charge in [-0.25, -0.2) is 4.79 Å². The quantitative estimate of drug-likeness (QED) is 0.283. The number of benzene rings is 1. The maximum atomic E-state index is 11.5. The van der Waals surface area contributed by atoms with E-state index in [1.54, 1.807) is 30.4 Å². The summed E-state index contributed by atoms with van der Waals surface area (Å²) < 4.78 is 4.65. The van der Waals surface area contributed by atoms with E-state index in [-0.39, 0.29) is 6.54 Å². The third-order valence-corrected chi connectivity index (χ3v) is 2.03. The molecular weight excluding hydrogens is 220 g/mol. The van der Waals surface area contributed by atoms with Crippen molar-refractivity contribution in [2.24, 2.45) is 5.11 Å². The monoisotopic (exact) mass is 232 g/mol. The van der Waals surface area contributed by atoms with Crippen LogP contribution in [0.4, 0.5) is 5.69 Å². The van der Waals surface area contributed by atoms with E-state index >= 15 is 0 Å². The molecule has 6 heteroatoms. The minimum atomic E-state index is -0.458. The van der Waals surface area contributed by atoms with E-state index in [4.69, 9.17) is 11.3 Å². The molecule has 0 radical (unpaired) electrons. The lowest BCUT2D eigenvalue weighted by Gasteiger charge is -2.05. The van der Waals surface area contributed by atoms with Crippen LogP contribution >= 0.6 is 0 Å². The second-order valence-electron chi connectivity index (χ2n) is 3.15. The van der Waals surface area contributed by atoms with Crippen molar-refractivity contribution < 1.29 is 9.53 Å². The summed E-state index contributed by atoms with van der Waals surface area (Å²) in [6, 6.07) is 4.92. The molecule has 1 rings (SSSR count). The molecule has 17 heavy (non-hydrogen) atoms. The standard InChI is InChI=1S/C11H12N4O2/c1-17-11(16)10-7-9(12)5-4-8(10)3-2-6-14-15-13/h2-5,7H,6,12H2,1H3. The molecule has 0 unspecified atom stereocenters. The van der Waals surface area contributed by atoms with Gasteiger partial charge in [-0.1, -0.05) is 23.3 Å².